The molecule has 0 saturated heterocycles. The van der Waals surface area contributed by atoms with Crippen LogP contribution in [0.25, 0.3) is 0 Å². The minimum atomic E-state index is 0.649. The maximum absolute atomic E-state index is 3.53. The molecule has 0 spiro atoms. The second-order valence-electron chi connectivity index (χ2n) is 7.82. The Balaban J connectivity index is 2.01. The lowest BCUT2D eigenvalue weighted by Gasteiger charge is -2.37. The number of hydrogen-bond donors (Lipinski definition) is 1. The summed E-state index contributed by atoms with van der Waals surface area (Å²) in [5, 5.41) is 3.53. The second kappa shape index (κ2) is 9.82. The van der Waals surface area contributed by atoms with Crippen LogP contribution in [0.15, 0.2) is 0 Å². The largest absolute Gasteiger partial charge is 0.315 e. The van der Waals surface area contributed by atoms with Crippen molar-refractivity contribution in [2.45, 2.75) is 92.0 Å². The van der Waals surface area contributed by atoms with Gasteiger partial charge in [0.15, 0.2) is 0 Å². The molecule has 0 aliphatic heterocycles. The first-order valence-electron chi connectivity index (χ1n) is 9.26. The van der Waals surface area contributed by atoms with E-state index in [9.17, 15) is 0 Å². The van der Waals surface area contributed by atoms with E-state index in [1.54, 1.807) is 0 Å². The highest BCUT2D eigenvalue weighted by Gasteiger charge is 2.28. The van der Waals surface area contributed by atoms with E-state index >= 15 is 0 Å². The van der Waals surface area contributed by atoms with Gasteiger partial charge in [0.25, 0.3) is 0 Å². The van der Waals surface area contributed by atoms with Gasteiger partial charge in [0, 0.05) is 6.04 Å². The molecule has 120 valence electrons. The van der Waals surface area contributed by atoms with Crippen molar-refractivity contribution in [3.05, 3.63) is 0 Å². The predicted octanol–water partition coefficient (Wildman–Crippen LogP) is 5.64. The van der Waals surface area contributed by atoms with E-state index in [1.165, 1.54) is 57.9 Å². The SMILES string of the molecule is CCCC(CCC1CC(CCCNC(C)C)C1)C(C)C. The van der Waals surface area contributed by atoms with Crippen molar-refractivity contribution in [3.63, 3.8) is 0 Å². The van der Waals surface area contributed by atoms with Gasteiger partial charge in [-0.25, -0.2) is 0 Å². The molecule has 1 saturated carbocycles. The van der Waals surface area contributed by atoms with E-state index in [1.807, 2.05) is 0 Å². The third kappa shape index (κ3) is 7.11. The standard InChI is InChI=1S/C19H39N/c1-6-8-19(15(2)3)11-10-18-13-17(14-18)9-7-12-20-16(4)5/h15-20H,6-14H2,1-5H3. The molecule has 0 aromatic carbocycles. The van der Waals surface area contributed by atoms with Gasteiger partial charge in [-0.3, -0.25) is 0 Å². The molecule has 0 aromatic heterocycles. The fourth-order valence-electron chi connectivity index (χ4n) is 3.76. The quantitative estimate of drug-likeness (QED) is 0.483. The monoisotopic (exact) mass is 281 g/mol. The average Bonchev–Trinajstić information content (AvgIpc) is 2.33. The molecule has 0 aromatic rings. The minimum absolute atomic E-state index is 0.649. The fraction of sp³-hybridized carbons (Fsp3) is 1.00. The summed E-state index contributed by atoms with van der Waals surface area (Å²) < 4.78 is 0. The Labute approximate surface area is 128 Å². The second-order valence-corrected chi connectivity index (χ2v) is 7.82. The first kappa shape index (κ1) is 18.0. The van der Waals surface area contributed by atoms with E-state index in [0.717, 1.165) is 23.7 Å². The van der Waals surface area contributed by atoms with Crippen molar-refractivity contribution in [3.8, 4) is 0 Å². The number of rotatable bonds is 11. The topological polar surface area (TPSA) is 12.0 Å². The molecule has 1 aliphatic carbocycles. The molecule has 0 heterocycles. The molecule has 1 rings (SSSR count). The molecule has 0 amide bonds. The lowest BCUT2D eigenvalue weighted by atomic mass is 9.69. The molecule has 1 unspecified atom stereocenters. The van der Waals surface area contributed by atoms with Crippen molar-refractivity contribution < 1.29 is 0 Å². The Hall–Kier alpha value is -0.0400. The normalized spacial score (nSPS) is 24.1. The molecule has 1 atom stereocenters. The summed E-state index contributed by atoms with van der Waals surface area (Å²) in [7, 11) is 0. The van der Waals surface area contributed by atoms with E-state index < -0.39 is 0 Å². The van der Waals surface area contributed by atoms with Gasteiger partial charge in [0.2, 0.25) is 0 Å². The van der Waals surface area contributed by atoms with Gasteiger partial charge in [0.05, 0.1) is 0 Å². The van der Waals surface area contributed by atoms with Crippen LogP contribution in [0.3, 0.4) is 0 Å². The van der Waals surface area contributed by atoms with Crippen molar-refractivity contribution in [1.29, 1.82) is 0 Å². The molecule has 1 aliphatic rings. The first-order valence-corrected chi connectivity index (χ1v) is 9.26. The lowest BCUT2D eigenvalue weighted by Crippen LogP contribution is -2.27. The average molecular weight is 282 g/mol. The van der Waals surface area contributed by atoms with Crippen LogP contribution >= 0.6 is 0 Å². The van der Waals surface area contributed by atoms with Crippen LogP contribution in [0.1, 0.15) is 86.0 Å². The maximum atomic E-state index is 3.53. The third-order valence-electron chi connectivity index (χ3n) is 5.22. The van der Waals surface area contributed by atoms with Gasteiger partial charge in [-0.2, -0.15) is 0 Å². The van der Waals surface area contributed by atoms with Crippen LogP contribution in [0.5, 0.6) is 0 Å². The summed E-state index contributed by atoms with van der Waals surface area (Å²) in [6.45, 7) is 12.8. The smallest absolute Gasteiger partial charge is 0.00103 e. The highest BCUT2D eigenvalue weighted by atomic mass is 14.9. The molecule has 1 heteroatoms. The number of nitrogens with one attached hydrogen (secondary N) is 1. The van der Waals surface area contributed by atoms with Crippen LogP contribution in [0, 0.1) is 23.7 Å². The summed E-state index contributed by atoms with van der Waals surface area (Å²) >= 11 is 0. The van der Waals surface area contributed by atoms with Crippen LogP contribution < -0.4 is 5.32 Å². The van der Waals surface area contributed by atoms with Crippen molar-refractivity contribution in [2.75, 3.05) is 6.54 Å². The molecule has 1 N–H and O–H groups in total. The van der Waals surface area contributed by atoms with E-state index in [-0.39, 0.29) is 0 Å². The summed E-state index contributed by atoms with van der Waals surface area (Å²) in [5.74, 6) is 3.98. The van der Waals surface area contributed by atoms with Gasteiger partial charge < -0.3 is 5.32 Å². The third-order valence-corrected chi connectivity index (χ3v) is 5.22. The highest BCUT2D eigenvalue weighted by Crippen LogP contribution is 2.41. The minimum Gasteiger partial charge on any atom is -0.315 e. The Morgan fingerprint density at radius 3 is 2.15 bits per heavy atom. The van der Waals surface area contributed by atoms with Crippen LogP contribution in [-0.4, -0.2) is 12.6 Å². The Kier molecular flexibility index (Phi) is 8.84. The van der Waals surface area contributed by atoms with Gasteiger partial charge in [0.1, 0.15) is 0 Å². The van der Waals surface area contributed by atoms with Gasteiger partial charge in [-0.05, 0) is 62.3 Å². The van der Waals surface area contributed by atoms with Crippen LogP contribution in [-0.2, 0) is 0 Å². The molecule has 0 radical (unpaired) electrons. The molecular weight excluding hydrogens is 242 g/mol. The predicted molar refractivity (Wildman–Crippen MR) is 91.1 cm³/mol. The summed E-state index contributed by atoms with van der Waals surface area (Å²) in [6.07, 6.45) is 11.7. The summed E-state index contributed by atoms with van der Waals surface area (Å²) in [6, 6.07) is 0.649. The number of hydrogen-bond acceptors (Lipinski definition) is 1. The zero-order valence-electron chi connectivity index (χ0n) is 14.8. The van der Waals surface area contributed by atoms with Crippen molar-refractivity contribution in [1.82, 2.24) is 5.32 Å². The zero-order valence-corrected chi connectivity index (χ0v) is 14.8. The zero-order chi connectivity index (χ0) is 15.0. The van der Waals surface area contributed by atoms with Crippen molar-refractivity contribution in [2.24, 2.45) is 23.7 Å². The Morgan fingerprint density at radius 2 is 1.60 bits per heavy atom. The molecule has 20 heavy (non-hydrogen) atoms. The van der Waals surface area contributed by atoms with Crippen LogP contribution in [0.2, 0.25) is 0 Å². The molecule has 0 bridgehead atoms. The highest BCUT2D eigenvalue weighted by molar-refractivity contribution is 4.80. The van der Waals surface area contributed by atoms with E-state index in [4.69, 9.17) is 0 Å². The maximum Gasteiger partial charge on any atom is 0.00103 e. The van der Waals surface area contributed by atoms with E-state index in [0.29, 0.717) is 6.04 Å². The molecule has 1 nitrogen and oxygen atoms in total. The van der Waals surface area contributed by atoms with Crippen molar-refractivity contribution >= 4 is 0 Å². The lowest BCUT2D eigenvalue weighted by molar-refractivity contribution is 0.151. The molecule has 1 fully saturated rings. The summed E-state index contributed by atoms with van der Waals surface area (Å²) in [4.78, 5) is 0. The van der Waals surface area contributed by atoms with Crippen LogP contribution in [0.4, 0.5) is 0 Å². The van der Waals surface area contributed by atoms with E-state index in [2.05, 4.69) is 39.9 Å². The van der Waals surface area contributed by atoms with Gasteiger partial charge in [-0.1, -0.05) is 53.9 Å². The first-order chi connectivity index (χ1) is 9.52. The van der Waals surface area contributed by atoms with Gasteiger partial charge >= 0.3 is 0 Å². The molecular formula is C19H39N. The Morgan fingerprint density at radius 1 is 0.950 bits per heavy atom. The Bertz CT molecular complexity index is 228. The fourth-order valence-corrected chi connectivity index (χ4v) is 3.76. The van der Waals surface area contributed by atoms with Gasteiger partial charge in [-0.15, -0.1) is 0 Å². The summed E-state index contributed by atoms with van der Waals surface area (Å²) in [5.41, 5.74) is 0.